The molecule has 1 rings (SSSR count). The van der Waals surface area contributed by atoms with Crippen LogP contribution < -0.4 is 4.74 Å². The molecule has 0 atom stereocenters. The van der Waals surface area contributed by atoms with Gasteiger partial charge < -0.3 is 4.74 Å². The van der Waals surface area contributed by atoms with E-state index in [-0.39, 0.29) is 0 Å². The number of methoxy groups -OCH3 is 1. The SMILES string of the molecule is CC.CC.COc1ccn(C(C)C)n1. The standard InChI is InChI=1S/C7H12N2O.2C2H6/c1-6(2)9-5-4-7(8-9)10-3;2*1-2/h4-6H,1-3H3;2*1-2H3. The van der Waals surface area contributed by atoms with Crippen molar-refractivity contribution in [1.82, 2.24) is 9.78 Å². The highest BCUT2D eigenvalue weighted by Gasteiger charge is 1.99. The summed E-state index contributed by atoms with van der Waals surface area (Å²) < 4.78 is 6.77. The molecule has 0 aliphatic carbocycles. The summed E-state index contributed by atoms with van der Waals surface area (Å²) in [7, 11) is 1.62. The smallest absolute Gasteiger partial charge is 0.232 e. The summed E-state index contributed by atoms with van der Waals surface area (Å²) in [6, 6.07) is 2.25. The summed E-state index contributed by atoms with van der Waals surface area (Å²) in [5.41, 5.74) is 0. The first-order valence-electron chi connectivity index (χ1n) is 5.33. The zero-order valence-corrected chi connectivity index (χ0v) is 10.5. The molecule has 0 aliphatic rings. The van der Waals surface area contributed by atoms with Crippen molar-refractivity contribution >= 4 is 0 Å². The van der Waals surface area contributed by atoms with E-state index in [0.717, 1.165) is 0 Å². The fourth-order valence-corrected chi connectivity index (χ4v) is 0.717. The van der Waals surface area contributed by atoms with E-state index in [1.165, 1.54) is 0 Å². The molecule has 0 fully saturated rings. The Balaban J connectivity index is 0. The molecule has 0 bridgehead atoms. The van der Waals surface area contributed by atoms with Crippen LogP contribution in [0.2, 0.25) is 0 Å². The van der Waals surface area contributed by atoms with E-state index in [2.05, 4.69) is 18.9 Å². The Morgan fingerprint density at radius 1 is 1.21 bits per heavy atom. The van der Waals surface area contributed by atoms with Crippen LogP contribution in [0.15, 0.2) is 12.3 Å². The minimum atomic E-state index is 0.406. The quantitative estimate of drug-likeness (QED) is 0.730. The minimum Gasteiger partial charge on any atom is -0.480 e. The van der Waals surface area contributed by atoms with Gasteiger partial charge in [0.15, 0.2) is 0 Å². The highest BCUT2D eigenvalue weighted by Crippen LogP contribution is 2.08. The average Bonchev–Trinajstić information content (AvgIpc) is 2.72. The van der Waals surface area contributed by atoms with Crippen molar-refractivity contribution in [3.63, 3.8) is 0 Å². The van der Waals surface area contributed by atoms with Crippen molar-refractivity contribution in [3.8, 4) is 5.88 Å². The average molecular weight is 200 g/mol. The Morgan fingerprint density at radius 2 is 1.71 bits per heavy atom. The van der Waals surface area contributed by atoms with E-state index in [4.69, 9.17) is 4.74 Å². The summed E-state index contributed by atoms with van der Waals surface area (Å²) >= 11 is 0. The maximum atomic E-state index is 4.91. The molecule has 14 heavy (non-hydrogen) atoms. The zero-order valence-electron chi connectivity index (χ0n) is 10.5. The molecule has 0 aliphatic heterocycles. The lowest BCUT2D eigenvalue weighted by Gasteiger charge is -2.02. The summed E-state index contributed by atoms with van der Waals surface area (Å²) in [4.78, 5) is 0. The van der Waals surface area contributed by atoms with Crippen LogP contribution >= 0.6 is 0 Å². The van der Waals surface area contributed by atoms with Gasteiger partial charge in [-0.05, 0) is 13.8 Å². The molecule has 1 aromatic heterocycles. The van der Waals surface area contributed by atoms with E-state index in [0.29, 0.717) is 11.9 Å². The Labute approximate surface area is 88.1 Å². The van der Waals surface area contributed by atoms with Gasteiger partial charge in [-0.25, -0.2) is 0 Å². The monoisotopic (exact) mass is 200 g/mol. The Kier molecular flexibility index (Phi) is 11.2. The van der Waals surface area contributed by atoms with Crippen LogP contribution in [0.4, 0.5) is 0 Å². The number of aromatic nitrogens is 2. The predicted octanol–water partition coefficient (Wildman–Crippen LogP) is 3.53. The van der Waals surface area contributed by atoms with E-state index in [1.807, 2.05) is 44.6 Å². The molecule has 0 saturated carbocycles. The van der Waals surface area contributed by atoms with Gasteiger partial charge in [-0.3, -0.25) is 4.68 Å². The minimum absolute atomic E-state index is 0.406. The highest BCUT2D eigenvalue weighted by atomic mass is 16.5. The van der Waals surface area contributed by atoms with Gasteiger partial charge in [-0.15, -0.1) is 5.10 Å². The van der Waals surface area contributed by atoms with Gasteiger partial charge in [0.1, 0.15) is 0 Å². The van der Waals surface area contributed by atoms with Crippen LogP contribution in [0.3, 0.4) is 0 Å². The summed E-state index contributed by atoms with van der Waals surface area (Å²) in [6.07, 6.45) is 1.91. The number of hydrogen-bond acceptors (Lipinski definition) is 2. The molecule has 0 amide bonds. The van der Waals surface area contributed by atoms with Gasteiger partial charge in [0.05, 0.1) is 7.11 Å². The Bertz CT molecular complexity index is 207. The second-order valence-corrected chi connectivity index (χ2v) is 2.43. The molecular formula is C11H24N2O. The van der Waals surface area contributed by atoms with Crippen molar-refractivity contribution < 1.29 is 4.74 Å². The first-order chi connectivity index (χ1) is 6.74. The van der Waals surface area contributed by atoms with Crippen LogP contribution in [-0.4, -0.2) is 16.9 Å². The van der Waals surface area contributed by atoms with Crippen molar-refractivity contribution in [1.29, 1.82) is 0 Å². The summed E-state index contributed by atoms with van der Waals surface area (Å²) in [5.74, 6) is 0.675. The number of ether oxygens (including phenoxy) is 1. The molecule has 0 aromatic carbocycles. The molecule has 3 heteroatoms. The molecule has 1 aromatic rings. The van der Waals surface area contributed by atoms with Crippen LogP contribution in [0.1, 0.15) is 47.6 Å². The van der Waals surface area contributed by atoms with Gasteiger partial charge in [0.2, 0.25) is 5.88 Å². The Hall–Kier alpha value is -0.990. The van der Waals surface area contributed by atoms with E-state index in [1.54, 1.807) is 7.11 Å². The zero-order chi connectivity index (χ0) is 11.6. The van der Waals surface area contributed by atoms with E-state index >= 15 is 0 Å². The third-order valence-corrected chi connectivity index (χ3v) is 1.32. The van der Waals surface area contributed by atoms with Gasteiger partial charge in [0.25, 0.3) is 0 Å². The summed E-state index contributed by atoms with van der Waals surface area (Å²) in [5, 5.41) is 4.12. The van der Waals surface area contributed by atoms with Crippen LogP contribution in [0.5, 0.6) is 5.88 Å². The molecule has 0 radical (unpaired) electrons. The summed E-state index contributed by atoms with van der Waals surface area (Å²) in [6.45, 7) is 12.2. The largest absolute Gasteiger partial charge is 0.480 e. The fourth-order valence-electron chi connectivity index (χ4n) is 0.717. The van der Waals surface area contributed by atoms with Crippen LogP contribution in [0.25, 0.3) is 0 Å². The van der Waals surface area contributed by atoms with Gasteiger partial charge in [0, 0.05) is 18.3 Å². The fraction of sp³-hybridized carbons (Fsp3) is 0.727. The van der Waals surface area contributed by atoms with Crippen molar-refractivity contribution in [3.05, 3.63) is 12.3 Å². The first-order valence-corrected chi connectivity index (χ1v) is 5.33. The molecule has 0 N–H and O–H groups in total. The molecule has 3 nitrogen and oxygen atoms in total. The molecule has 84 valence electrons. The van der Waals surface area contributed by atoms with E-state index in [9.17, 15) is 0 Å². The van der Waals surface area contributed by atoms with Gasteiger partial charge >= 0.3 is 0 Å². The van der Waals surface area contributed by atoms with Crippen LogP contribution in [-0.2, 0) is 0 Å². The topological polar surface area (TPSA) is 27.1 Å². The first kappa shape index (κ1) is 15.5. The van der Waals surface area contributed by atoms with Crippen LogP contribution in [0, 0.1) is 0 Å². The molecule has 0 saturated heterocycles. The lowest BCUT2D eigenvalue weighted by molar-refractivity contribution is 0.383. The lowest BCUT2D eigenvalue weighted by Crippen LogP contribution is -2.00. The van der Waals surface area contributed by atoms with Crippen molar-refractivity contribution in [2.45, 2.75) is 47.6 Å². The number of rotatable bonds is 2. The second kappa shape index (κ2) is 10.1. The maximum absolute atomic E-state index is 4.91. The third-order valence-electron chi connectivity index (χ3n) is 1.32. The molecule has 1 heterocycles. The second-order valence-electron chi connectivity index (χ2n) is 2.43. The van der Waals surface area contributed by atoms with Gasteiger partial charge in [-0.1, -0.05) is 27.7 Å². The highest BCUT2D eigenvalue weighted by molar-refractivity contribution is 5.05. The number of hydrogen-bond donors (Lipinski definition) is 0. The van der Waals surface area contributed by atoms with E-state index < -0.39 is 0 Å². The molecular weight excluding hydrogens is 176 g/mol. The predicted molar refractivity (Wildman–Crippen MR) is 61.9 cm³/mol. The normalized spacial score (nSPS) is 8.29. The van der Waals surface area contributed by atoms with Crippen molar-refractivity contribution in [2.24, 2.45) is 0 Å². The third kappa shape index (κ3) is 5.62. The Morgan fingerprint density at radius 3 is 1.93 bits per heavy atom. The lowest BCUT2D eigenvalue weighted by atomic mass is 10.4. The maximum Gasteiger partial charge on any atom is 0.232 e. The molecule has 0 spiro atoms. The van der Waals surface area contributed by atoms with Gasteiger partial charge in [-0.2, -0.15) is 0 Å². The number of nitrogens with zero attached hydrogens (tertiary/aromatic N) is 2. The van der Waals surface area contributed by atoms with Crippen molar-refractivity contribution in [2.75, 3.05) is 7.11 Å². The molecule has 0 unspecified atom stereocenters.